The summed E-state index contributed by atoms with van der Waals surface area (Å²) in [6.07, 6.45) is 0.463. The molecule has 1 aromatic carbocycles. The van der Waals surface area contributed by atoms with E-state index in [1.807, 2.05) is 26.0 Å². The number of benzene rings is 1. The Hall–Kier alpha value is -1.39. The molecule has 1 heterocycles. The first kappa shape index (κ1) is 15.0. The van der Waals surface area contributed by atoms with E-state index in [4.69, 9.17) is 10.5 Å². The van der Waals surface area contributed by atoms with Crippen molar-refractivity contribution in [3.05, 3.63) is 51.5 Å². The summed E-state index contributed by atoms with van der Waals surface area (Å²) in [6, 6.07) is 9.05. The van der Waals surface area contributed by atoms with Crippen LogP contribution in [0.1, 0.15) is 34.8 Å². The van der Waals surface area contributed by atoms with Gasteiger partial charge in [0, 0.05) is 15.8 Å². The monoisotopic (exact) mass is 293 g/mol. The Balaban J connectivity index is 2.31. The molecule has 0 spiro atoms. The Morgan fingerprint density at radius 1 is 1.25 bits per heavy atom. The lowest BCUT2D eigenvalue weighted by Gasteiger charge is -2.24. The van der Waals surface area contributed by atoms with Crippen molar-refractivity contribution in [3.63, 3.8) is 0 Å². The zero-order valence-electron chi connectivity index (χ0n) is 12.0. The standard InChI is InChI=1S/C16H20FNOS/c1-4-12(18)16(14-9-8-11(3)20-14)19-13-7-5-6-10(2)15(13)17/h5-9,12,16H,4,18H2,1-3H3. The fraction of sp³-hybridized carbons (Fsp3) is 0.375. The third-order valence-corrected chi connectivity index (χ3v) is 4.37. The molecule has 0 aliphatic rings. The van der Waals surface area contributed by atoms with Crippen LogP contribution in [0.3, 0.4) is 0 Å². The maximum Gasteiger partial charge on any atom is 0.167 e. The van der Waals surface area contributed by atoms with E-state index < -0.39 is 0 Å². The fourth-order valence-electron chi connectivity index (χ4n) is 2.03. The number of halogens is 1. The van der Waals surface area contributed by atoms with E-state index in [1.54, 1.807) is 36.5 Å². The average molecular weight is 293 g/mol. The van der Waals surface area contributed by atoms with Crippen LogP contribution in [0, 0.1) is 19.7 Å². The minimum atomic E-state index is -0.311. The number of hydrogen-bond acceptors (Lipinski definition) is 3. The molecule has 0 bridgehead atoms. The molecule has 2 N–H and O–H groups in total. The summed E-state index contributed by atoms with van der Waals surface area (Å²) in [4.78, 5) is 2.24. The smallest absolute Gasteiger partial charge is 0.167 e. The molecule has 1 aromatic heterocycles. The molecule has 0 amide bonds. The highest BCUT2D eigenvalue weighted by atomic mass is 32.1. The third kappa shape index (κ3) is 3.19. The van der Waals surface area contributed by atoms with E-state index in [0.29, 0.717) is 5.56 Å². The average Bonchev–Trinajstić information content (AvgIpc) is 2.86. The van der Waals surface area contributed by atoms with Gasteiger partial charge in [-0.1, -0.05) is 19.1 Å². The van der Waals surface area contributed by atoms with Crippen LogP contribution in [0.5, 0.6) is 5.75 Å². The van der Waals surface area contributed by atoms with Crippen LogP contribution in [-0.2, 0) is 0 Å². The molecule has 2 unspecified atom stereocenters. The van der Waals surface area contributed by atoms with E-state index in [9.17, 15) is 4.39 Å². The van der Waals surface area contributed by atoms with Crippen LogP contribution in [0.4, 0.5) is 4.39 Å². The highest BCUT2D eigenvalue weighted by Crippen LogP contribution is 2.32. The van der Waals surface area contributed by atoms with E-state index in [-0.39, 0.29) is 23.7 Å². The Labute approximate surface area is 123 Å². The Bertz CT molecular complexity index is 582. The summed E-state index contributed by atoms with van der Waals surface area (Å²) >= 11 is 1.64. The molecule has 0 saturated heterocycles. The minimum Gasteiger partial charge on any atom is -0.480 e. The molecule has 0 fully saturated rings. The van der Waals surface area contributed by atoms with Crippen molar-refractivity contribution < 1.29 is 9.13 Å². The van der Waals surface area contributed by atoms with Gasteiger partial charge in [-0.15, -0.1) is 11.3 Å². The summed E-state index contributed by atoms with van der Waals surface area (Å²) in [7, 11) is 0. The first-order valence-electron chi connectivity index (χ1n) is 6.76. The van der Waals surface area contributed by atoms with Gasteiger partial charge in [-0.3, -0.25) is 0 Å². The first-order chi connectivity index (χ1) is 9.52. The van der Waals surface area contributed by atoms with Gasteiger partial charge in [0.1, 0.15) is 6.10 Å². The van der Waals surface area contributed by atoms with Crippen molar-refractivity contribution in [3.8, 4) is 5.75 Å². The molecule has 2 aromatic rings. The number of hydrogen-bond donors (Lipinski definition) is 1. The summed E-state index contributed by atoms with van der Waals surface area (Å²) in [5.41, 5.74) is 6.73. The maximum absolute atomic E-state index is 14.1. The van der Waals surface area contributed by atoms with E-state index in [1.165, 1.54) is 4.88 Å². The van der Waals surface area contributed by atoms with Crippen molar-refractivity contribution in [1.82, 2.24) is 0 Å². The summed E-state index contributed by atoms with van der Waals surface area (Å²) in [6.45, 7) is 5.77. The van der Waals surface area contributed by atoms with E-state index >= 15 is 0 Å². The second kappa shape index (κ2) is 6.37. The van der Waals surface area contributed by atoms with Crippen LogP contribution in [0.15, 0.2) is 30.3 Å². The molecular weight excluding hydrogens is 273 g/mol. The Kier molecular flexibility index (Phi) is 4.78. The Morgan fingerprint density at radius 2 is 2.00 bits per heavy atom. The van der Waals surface area contributed by atoms with E-state index in [0.717, 1.165) is 11.3 Å². The zero-order chi connectivity index (χ0) is 14.7. The number of rotatable bonds is 5. The van der Waals surface area contributed by atoms with Crippen molar-refractivity contribution in [2.45, 2.75) is 39.3 Å². The van der Waals surface area contributed by atoms with Crippen LogP contribution < -0.4 is 10.5 Å². The van der Waals surface area contributed by atoms with Gasteiger partial charge in [0.2, 0.25) is 0 Å². The molecule has 2 nitrogen and oxygen atoms in total. The normalized spacial score (nSPS) is 14.1. The summed E-state index contributed by atoms with van der Waals surface area (Å²) in [5, 5.41) is 0. The van der Waals surface area contributed by atoms with Crippen LogP contribution in [-0.4, -0.2) is 6.04 Å². The van der Waals surface area contributed by atoms with Gasteiger partial charge in [0.05, 0.1) is 0 Å². The lowest BCUT2D eigenvalue weighted by atomic mass is 10.1. The lowest BCUT2D eigenvalue weighted by Crippen LogP contribution is -2.31. The first-order valence-corrected chi connectivity index (χ1v) is 7.58. The highest BCUT2D eigenvalue weighted by molar-refractivity contribution is 7.12. The molecule has 4 heteroatoms. The van der Waals surface area contributed by atoms with Gasteiger partial charge in [-0.25, -0.2) is 4.39 Å². The van der Waals surface area contributed by atoms with Crippen LogP contribution in [0.25, 0.3) is 0 Å². The maximum atomic E-state index is 14.1. The van der Waals surface area contributed by atoms with Crippen molar-refractivity contribution >= 4 is 11.3 Å². The quantitative estimate of drug-likeness (QED) is 0.889. The fourth-order valence-corrected chi connectivity index (χ4v) is 3.01. The second-order valence-electron chi connectivity index (χ2n) is 4.95. The third-order valence-electron chi connectivity index (χ3n) is 3.31. The number of thiophene rings is 1. The largest absolute Gasteiger partial charge is 0.480 e. The zero-order valence-corrected chi connectivity index (χ0v) is 12.8. The predicted molar refractivity (Wildman–Crippen MR) is 81.8 cm³/mol. The molecule has 0 saturated carbocycles. The molecule has 20 heavy (non-hydrogen) atoms. The molecular formula is C16H20FNOS. The second-order valence-corrected chi connectivity index (χ2v) is 6.27. The number of nitrogens with two attached hydrogens (primary N) is 1. The molecule has 2 atom stereocenters. The molecule has 0 aliphatic heterocycles. The van der Waals surface area contributed by atoms with Gasteiger partial charge in [0.15, 0.2) is 11.6 Å². The topological polar surface area (TPSA) is 35.2 Å². The molecule has 0 aliphatic carbocycles. The van der Waals surface area contributed by atoms with Gasteiger partial charge in [-0.05, 0) is 44.0 Å². The van der Waals surface area contributed by atoms with Gasteiger partial charge < -0.3 is 10.5 Å². The SMILES string of the molecule is CCC(N)C(Oc1cccc(C)c1F)c1ccc(C)s1. The van der Waals surface area contributed by atoms with Crippen molar-refractivity contribution in [2.75, 3.05) is 0 Å². The highest BCUT2D eigenvalue weighted by Gasteiger charge is 2.23. The van der Waals surface area contributed by atoms with E-state index in [2.05, 4.69) is 0 Å². The van der Waals surface area contributed by atoms with Crippen LogP contribution in [0.2, 0.25) is 0 Å². The number of ether oxygens (including phenoxy) is 1. The van der Waals surface area contributed by atoms with Crippen LogP contribution >= 0.6 is 11.3 Å². The summed E-state index contributed by atoms with van der Waals surface area (Å²) in [5.74, 6) is -0.0426. The Morgan fingerprint density at radius 3 is 2.60 bits per heavy atom. The molecule has 2 rings (SSSR count). The lowest BCUT2D eigenvalue weighted by molar-refractivity contribution is 0.167. The molecule has 0 radical (unpaired) electrons. The number of aryl methyl sites for hydroxylation is 2. The van der Waals surface area contributed by atoms with Gasteiger partial charge in [-0.2, -0.15) is 0 Å². The minimum absolute atomic E-state index is 0.159. The van der Waals surface area contributed by atoms with Crippen molar-refractivity contribution in [2.24, 2.45) is 5.73 Å². The van der Waals surface area contributed by atoms with Gasteiger partial charge in [0.25, 0.3) is 0 Å². The van der Waals surface area contributed by atoms with Gasteiger partial charge >= 0.3 is 0 Å². The predicted octanol–water partition coefficient (Wildman–Crippen LogP) is 4.36. The summed E-state index contributed by atoms with van der Waals surface area (Å²) < 4.78 is 20.0. The molecule has 108 valence electrons. The van der Waals surface area contributed by atoms with Crippen molar-refractivity contribution in [1.29, 1.82) is 0 Å².